The number of benzene rings is 4. The van der Waals surface area contributed by atoms with Gasteiger partial charge in [-0.25, -0.2) is 4.79 Å². The summed E-state index contributed by atoms with van der Waals surface area (Å²) in [6.45, 7) is 1.11. The lowest BCUT2D eigenvalue weighted by molar-refractivity contribution is -0.141. The molecule has 5 aromatic rings. The van der Waals surface area contributed by atoms with Crippen LogP contribution in [0.3, 0.4) is 0 Å². The summed E-state index contributed by atoms with van der Waals surface area (Å²) in [5.74, 6) is -0.0800. The zero-order chi connectivity index (χ0) is 33.6. The first-order valence-corrected chi connectivity index (χ1v) is 15.7. The molecular weight excluding hydrogens is 602 g/mol. The van der Waals surface area contributed by atoms with E-state index in [1.54, 1.807) is 59.8 Å². The Morgan fingerprint density at radius 2 is 1.52 bits per heavy atom. The molecule has 48 heavy (non-hydrogen) atoms. The molecule has 0 aliphatic heterocycles. The van der Waals surface area contributed by atoms with Gasteiger partial charge >= 0.3 is 5.97 Å². The number of hydrogen-bond donors (Lipinski definition) is 1. The van der Waals surface area contributed by atoms with Crippen molar-refractivity contribution in [2.45, 2.75) is 19.0 Å². The van der Waals surface area contributed by atoms with E-state index in [0.717, 1.165) is 16.7 Å². The Bertz CT molecular complexity index is 1810. The molecule has 1 aromatic heterocycles. The number of para-hydroxylation sites is 1. The van der Waals surface area contributed by atoms with E-state index < -0.39 is 12.0 Å². The summed E-state index contributed by atoms with van der Waals surface area (Å²) in [4.78, 5) is 45.0. The first kappa shape index (κ1) is 33.3. The SMILES string of the molecule is COC(=O)[C@H](Cc1ccc(OCCN(Cc2ccccc2)C(=O)/C=C/c2cccnc2)cc1)Nc1ccccc1C(=O)c1ccccc1. The van der Waals surface area contributed by atoms with Crippen molar-refractivity contribution in [3.05, 3.63) is 168 Å². The molecule has 0 aliphatic carbocycles. The number of aromatic nitrogens is 1. The van der Waals surface area contributed by atoms with Gasteiger partial charge in [0.25, 0.3) is 0 Å². The average Bonchev–Trinajstić information content (AvgIpc) is 3.14. The number of nitrogens with one attached hydrogen (secondary N) is 1. The summed E-state index contributed by atoms with van der Waals surface area (Å²) in [6.07, 6.45) is 7.02. The monoisotopic (exact) mass is 639 g/mol. The summed E-state index contributed by atoms with van der Waals surface area (Å²) in [6, 6.07) is 36.4. The topological polar surface area (TPSA) is 97.8 Å². The number of rotatable bonds is 15. The lowest BCUT2D eigenvalue weighted by Gasteiger charge is -2.22. The molecule has 5 rings (SSSR count). The van der Waals surface area contributed by atoms with Crippen molar-refractivity contribution in [3.8, 4) is 5.75 Å². The molecule has 0 spiro atoms. The highest BCUT2D eigenvalue weighted by molar-refractivity contribution is 6.12. The molecule has 0 fully saturated rings. The van der Waals surface area contributed by atoms with Gasteiger partial charge in [-0.1, -0.05) is 91.0 Å². The van der Waals surface area contributed by atoms with Crippen molar-refractivity contribution in [1.82, 2.24) is 9.88 Å². The van der Waals surface area contributed by atoms with E-state index in [1.165, 1.54) is 7.11 Å². The molecule has 0 bridgehead atoms. The van der Waals surface area contributed by atoms with E-state index in [1.807, 2.05) is 91.0 Å². The van der Waals surface area contributed by atoms with Gasteiger partial charge in [0.2, 0.25) is 5.91 Å². The maximum Gasteiger partial charge on any atom is 0.328 e. The number of methoxy groups -OCH3 is 1. The minimum absolute atomic E-state index is 0.130. The lowest BCUT2D eigenvalue weighted by Crippen LogP contribution is -2.33. The van der Waals surface area contributed by atoms with Crippen molar-refractivity contribution in [3.63, 3.8) is 0 Å². The second-order valence-corrected chi connectivity index (χ2v) is 11.0. The number of ketones is 1. The third-order valence-corrected chi connectivity index (χ3v) is 7.65. The largest absolute Gasteiger partial charge is 0.492 e. The Morgan fingerprint density at radius 1 is 0.812 bits per heavy atom. The highest BCUT2D eigenvalue weighted by Gasteiger charge is 2.23. The number of anilines is 1. The second-order valence-electron chi connectivity index (χ2n) is 11.0. The Balaban J connectivity index is 1.21. The second kappa shape index (κ2) is 17.1. The molecule has 1 atom stereocenters. The summed E-state index contributed by atoms with van der Waals surface area (Å²) in [5.41, 5.74) is 4.31. The number of amides is 1. The predicted molar refractivity (Wildman–Crippen MR) is 187 cm³/mol. The van der Waals surface area contributed by atoms with Gasteiger partial charge in [0.15, 0.2) is 5.78 Å². The van der Waals surface area contributed by atoms with Crippen molar-refractivity contribution in [2.24, 2.45) is 0 Å². The fourth-order valence-electron chi connectivity index (χ4n) is 5.12. The molecule has 242 valence electrons. The summed E-state index contributed by atoms with van der Waals surface area (Å²) < 4.78 is 11.1. The molecule has 8 heteroatoms. The van der Waals surface area contributed by atoms with Crippen molar-refractivity contribution >= 4 is 29.4 Å². The van der Waals surface area contributed by atoms with Gasteiger partial charge in [0.1, 0.15) is 18.4 Å². The highest BCUT2D eigenvalue weighted by Crippen LogP contribution is 2.22. The number of carbonyl (C=O) groups is 3. The van der Waals surface area contributed by atoms with Crippen LogP contribution in [0.4, 0.5) is 5.69 Å². The fourth-order valence-corrected chi connectivity index (χ4v) is 5.12. The maximum atomic E-state index is 13.2. The van der Waals surface area contributed by atoms with E-state index in [4.69, 9.17) is 9.47 Å². The zero-order valence-corrected chi connectivity index (χ0v) is 26.7. The normalized spacial score (nSPS) is 11.4. The van der Waals surface area contributed by atoms with Crippen LogP contribution in [-0.2, 0) is 27.3 Å². The highest BCUT2D eigenvalue weighted by atomic mass is 16.5. The van der Waals surface area contributed by atoms with Crippen LogP contribution in [0.2, 0.25) is 0 Å². The minimum atomic E-state index is -0.733. The average molecular weight is 640 g/mol. The molecule has 0 radical (unpaired) electrons. The van der Waals surface area contributed by atoms with Gasteiger partial charge in [-0.2, -0.15) is 0 Å². The van der Waals surface area contributed by atoms with Crippen LogP contribution in [0.25, 0.3) is 6.08 Å². The molecule has 1 amide bonds. The van der Waals surface area contributed by atoms with Gasteiger partial charge in [-0.05, 0) is 53.1 Å². The molecule has 0 unspecified atom stereocenters. The van der Waals surface area contributed by atoms with E-state index >= 15 is 0 Å². The van der Waals surface area contributed by atoms with Crippen LogP contribution in [0.15, 0.2) is 140 Å². The third kappa shape index (κ3) is 9.50. The van der Waals surface area contributed by atoms with Crippen molar-refractivity contribution in [2.75, 3.05) is 25.6 Å². The molecule has 1 N–H and O–H groups in total. The first-order valence-electron chi connectivity index (χ1n) is 15.7. The van der Waals surface area contributed by atoms with E-state index in [9.17, 15) is 14.4 Å². The van der Waals surface area contributed by atoms with E-state index in [-0.39, 0.29) is 18.3 Å². The Morgan fingerprint density at radius 3 is 2.23 bits per heavy atom. The van der Waals surface area contributed by atoms with Crippen LogP contribution >= 0.6 is 0 Å². The fraction of sp³-hybridized carbons (Fsp3) is 0.150. The quantitative estimate of drug-likeness (QED) is 0.0780. The smallest absolute Gasteiger partial charge is 0.328 e. The molecular formula is C40H37N3O5. The molecule has 4 aromatic carbocycles. The molecule has 1 heterocycles. The van der Waals surface area contributed by atoms with E-state index in [2.05, 4.69) is 10.3 Å². The molecule has 0 saturated heterocycles. The number of pyridine rings is 1. The van der Waals surface area contributed by atoms with Crippen molar-refractivity contribution in [1.29, 1.82) is 0 Å². The maximum absolute atomic E-state index is 13.2. The van der Waals surface area contributed by atoms with Gasteiger partial charge in [0.05, 0.1) is 13.7 Å². The first-order chi connectivity index (χ1) is 23.5. The molecule has 0 aliphatic rings. The van der Waals surface area contributed by atoms with Crippen molar-refractivity contribution < 1.29 is 23.9 Å². The van der Waals surface area contributed by atoms with Crippen LogP contribution in [0.5, 0.6) is 5.75 Å². The third-order valence-electron chi connectivity index (χ3n) is 7.65. The summed E-state index contributed by atoms with van der Waals surface area (Å²) in [7, 11) is 1.34. The van der Waals surface area contributed by atoms with Gasteiger partial charge in [-0.3, -0.25) is 14.6 Å². The standard InChI is InChI=1S/C40H37N3O5/c1-47-40(46)37(42-36-17-9-8-16-35(36)39(45)33-14-6-3-7-15-33)27-30-18-21-34(22-19-30)48-26-25-43(29-32-11-4-2-5-12-32)38(44)23-20-31-13-10-24-41-28-31/h2-24,28,37,42H,25-27,29H2,1H3/b23-20+/t37-/m0/s1. The number of esters is 1. The summed E-state index contributed by atoms with van der Waals surface area (Å²) >= 11 is 0. The van der Waals surface area contributed by atoms with E-state index in [0.29, 0.717) is 42.1 Å². The lowest BCUT2D eigenvalue weighted by atomic mass is 10.00. The Kier molecular flexibility index (Phi) is 11.8. The number of ether oxygens (including phenoxy) is 2. The minimum Gasteiger partial charge on any atom is -0.492 e. The summed E-state index contributed by atoms with van der Waals surface area (Å²) in [5, 5.41) is 3.24. The zero-order valence-electron chi connectivity index (χ0n) is 26.7. The van der Waals surface area contributed by atoms with Crippen LogP contribution < -0.4 is 10.1 Å². The van der Waals surface area contributed by atoms with Crippen LogP contribution in [0, 0.1) is 0 Å². The van der Waals surface area contributed by atoms with Crippen LogP contribution in [0.1, 0.15) is 32.6 Å². The van der Waals surface area contributed by atoms with Crippen LogP contribution in [-0.4, -0.2) is 53.8 Å². The van der Waals surface area contributed by atoms with Gasteiger partial charge in [-0.15, -0.1) is 0 Å². The predicted octanol–water partition coefficient (Wildman–Crippen LogP) is 6.63. The number of hydrogen-bond acceptors (Lipinski definition) is 7. The Hall–Kier alpha value is -6.02. The number of nitrogens with zero attached hydrogens (tertiary/aromatic N) is 2. The Labute approximate surface area is 280 Å². The number of carbonyl (C=O) groups excluding carboxylic acids is 3. The van der Waals surface area contributed by atoms with Gasteiger partial charge in [0, 0.05) is 48.2 Å². The molecule has 8 nitrogen and oxygen atoms in total. The van der Waals surface area contributed by atoms with Gasteiger partial charge < -0.3 is 19.7 Å². The molecule has 0 saturated carbocycles.